The van der Waals surface area contributed by atoms with Crippen LogP contribution in [0.15, 0.2) is 35.0 Å². The third kappa shape index (κ3) is 4.59. The Kier molecular flexibility index (Phi) is 6.54. The van der Waals surface area contributed by atoms with Crippen LogP contribution in [0.2, 0.25) is 0 Å². The molecule has 8 heteroatoms. The van der Waals surface area contributed by atoms with Crippen molar-refractivity contribution in [2.45, 2.75) is 39.5 Å². The van der Waals surface area contributed by atoms with Crippen molar-refractivity contribution in [2.75, 3.05) is 26.4 Å². The number of ketones is 1. The van der Waals surface area contributed by atoms with E-state index in [0.29, 0.717) is 42.8 Å². The van der Waals surface area contributed by atoms with E-state index in [0.717, 1.165) is 5.71 Å². The maximum absolute atomic E-state index is 13.2. The molecule has 0 bridgehead atoms. The molecule has 0 spiro atoms. The van der Waals surface area contributed by atoms with Gasteiger partial charge in [0.1, 0.15) is 12.1 Å². The predicted molar refractivity (Wildman–Crippen MR) is 107 cm³/mol. The van der Waals surface area contributed by atoms with Gasteiger partial charge in [-0.25, -0.2) is 14.8 Å². The van der Waals surface area contributed by atoms with Crippen LogP contribution in [-0.2, 0) is 19.1 Å². The average molecular weight is 400 g/mol. The normalized spacial score (nSPS) is 23.4. The second-order valence-corrected chi connectivity index (χ2v) is 8.14. The Hall–Kier alpha value is -2.45. The number of hydrogen-bond acceptors (Lipinski definition) is 8. The van der Waals surface area contributed by atoms with Crippen LogP contribution in [0.3, 0.4) is 0 Å². The van der Waals surface area contributed by atoms with Gasteiger partial charge in [-0.1, -0.05) is 13.8 Å². The zero-order chi connectivity index (χ0) is 21.0. The quantitative estimate of drug-likeness (QED) is 0.548. The van der Waals surface area contributed by atoms with E-state index in [2.05, 4.69) is 23.8 Å². The van der Waals surface area contributed by atoms with E-state index in [1.807, 2.05) is 0 Å². The number of Topliss-reactive ketones (excluding diaryl/α,β-unsaturated/α-hetero) is 1. The summed E-state index contributed by atoms with van der Waals surface area (Å²) >= 11 is 0. The molecular weight excluding hydrogens is 372 g/mol. The topological polar surface area (TPSA) is 117 Å². The minimum atomic E-state index is -0.539. The van der Waals surface area contributed by atoms with Crippen LogP contribution >= 0.6 is 0 Å². The minimum absolute atomic E-state index is 0.0672. The van der Waals surface area contributed by atoms with Crippen molar-refractivity contribution in [2.24, 2.45) is 22.1 Å². The van der Waals surface area contributed by atoms with Crippen molar-refractivity contribution in [1.82, 2.24) is 9.97 Å². The molecule has 1 aromatic heterocycles. The molecule has 0 saturated heterocycles. The highest BCUT2D eigenvalue weighted by Crippen LogP contribution is 2.46. The van der Waals surface area contributed by atoms with Crippen molar-refractivity contribution in [3.63, 3.8) is 0 Å². The Labute approximate surface area is 170 Å². The third-order valence-corrected chi connectivity index (χ3v) is 5.19. The summed E-state index contributed by atoms with van der Waals surface area (Å²) < 4.78 is 10.9. The third-order valence-electron chi connectivity index (χ3n) is 5.19. The van der Waals surface area contributed by atoms with E-state index in [1.54, 1.807) is 19.3 Å². The number of fused-ring (bicyclic) bond motifs is 1. The first-order valence-corrected chi connectivity index (χ1v) is 9.91. The number of aromatic nitrogens is 2. The maximum atomic E-state index is 13.2. The Balaban J connectivity index is 2.15. The number of esters is 1. The Bertz CT molecular complexity index is 832. The van der Waals surface area contributed by atoms with Gasteiger partial charge in [0.05, 0.1) is 37.0 Å². The average Bonchev–Trinajstić information content (AvgIpc) is 2.67. The summed E-state index contributed by atoms with van der Waals surface area (Å²) in [5.74, 6) is -1.49. The van der Waals surface area contributed by atoms with Gasteiger partial charge in [0.15, 0.2) is 0 Å². The molecule has 2 unspecified atom stereocenters. The number of rotatable bonds is 7. The van der Waals surface area contributed by atoms with Gasteiger partial charge in [0.25, 0.3) is 0 Å². The van der Waals surface area contributed by atoms with Gasteiger partial charge in [0.2, 0.25) is 0 Å². The Morgan fingerprint density at radius 1 is 1.24 bits per heavy atom. The summed E-state index contributed by atoms with van der Waals surface area (Å²) in [6.07, 6.45) is 5.81. The SMILES string of the molecule is CCOC(=O)C1=C(COCCN)N=C2CC(C)(C)CC(=O)C2C1c1cncnc1. The van der Waals surface area contributed by atoms with Gasteiger partial charge in [-0.2, -0.15) is 0 Å². The number of carbonyl (C=O) groups is 2. The molecule has 1 aliphatic heterocycles. The number of nitrogens with two attached hydrogens (primary N) is 1. The van der Waals surface area contributed by atoms with E-state index in [-0.39, 0.29) is 24.4 Å². The first-order valence-electron chi connectivity index (χ1n) is 9.91. The van der Waals surface area contributed by atoms with Crippen molar-refractivity contribution in [3.05, 3.63) is 35.6 Å². The fourth-order valence-corrected chi connectivity index (χ4v) is 4.14. The van der Waals surface area contributed by atoms with Crippen molar-refractivity contribution in [3.8, 4) is 0 Å². The number of carbonyl (C=O) groups excluding carboxylic acids is 2. The van der Waals surface area contributed by atoms with Crippen molar-refractivity contribution >= 4 is 17.5 Å². The van der Waals surface area contributed by atoms with Gasteiger partial charge < -0.3 is 15.2 Å². The largest absolute Gasteiger partial charge is 0.463 e. The highest BCUT2D eigenvalue weighted by molar-refractivity contribution is 6.12. The molecule has 29 heavy (non-hydrogen) atoms. The minimum Gasteiger partial charge on any atom is -0.463 e. The van der Waals surface area contributed by atoms with Crippen LogP contribution in [-0.4, -0.2) is 53.8 Å². The Morgan fingerprint density at radius 3 is 2.62 bits per heavy atom. The molecule has 1 aromatic rings. The molecular formula is C21H28N4O4. The van der Waals surface area contributed by atoms with Crippen LogP contribution < -0.4 is 5.73 Å². The zero-order valence-electron chi connectivity index (χ0n) is 17.2. The fraction of sp³-hybridized carbons (Fsp3) is 0.571. The van der Waals surface area contributed by atoms with Gasteiger partial charge in [-0.3, -0.25) is 9.79 Å². The van der Waals surface area contributed by atoms with Gasteiger partial charge >= 0.3 is 5.97 Å². The predicted octanol–water partition coefficient (Wildman–Crippen LogP) is 1.81. The first-order chi connectivity index (χ1) is 13.9. The molecule has 1 fully saturated rings. The smallest absolute Gasteiger partial charge is 0.336 e. The lowest BCUT2D eigenvalue weighted by Gasteiger charge is -2.41. The standard InChI is InChI=1S/C21H28N4O4/c1-4-29-20(27)19-15(11-28-6-5-22)25-14-7-21(2,3)8-16(26)18(14)17(19)13-9-23-12-24-10-13/h9-10,12,17-18H,4-8,11,22H2,1-3H3. The molecule has 3 rings (SSSR count). The highest BCUT2D eigenvalue weighted by Gasteiger charge is 2.48. The second kappa shape index (κ2) is 8.92. The first kappa shape index (κ1) is 21.3. The lowest BCUT2D eigenvalue weighted by Crippen LogP contribution is -2.44. The summed E-state index contributed by atoms with van der Waals surface area (Å²) in [5, 5.41) is 0. The Morgan fingerprint density at radius 2 is 1.97 bits per heavy atom. The molecule has 2 heterocycles. The lowest BCUT2D eigenvalue weighted by atomic mass is 9.63. The van der Waals surface area contributed by atoms with Crippen LogP contribution in [0, 0.1) is 11.3 Å². The summed E-state index contributed by atoms with van der Waals surface area (Å²) in [4.78, 5) is 39.1. The van der Waals surface area contributed by atoms with E-state index < -0.39 is 17.8 Å². The van der Waals surface area contributed by atoms with Crippen LogP contribution in [0.1, 0.15) is 45.1 Å². The van der Waals surface area contributed by atoms with E-state index in [1.165, 1.54) is 6.33 Å². The summed E-state index contributed by atoms with van der Waals surface area (Å²) in [7, 11) is 0. The number of hydrogen-bond donors (Lipinski definition) is 1. The molecule has 8 nitrogen and oxygen atoms in total. The molecule has 156 valence electrons. The van der Waals surface area contributed by atoms with Crippen LogP contribution in [0.4, 0.5) is 0 Å². The number of nitrogens with zero attached hydrogens (tertiary/aromatic N) is 3. The summed E-state index contributed by atoms with van der Waals surface area (Å²) in [6.45, 7) is 6.91. The highest BCUT2D eigenvalue weighted by atomic mass is 16.5. The molecule has 1 aliphatic carbocycles. The van der Waals surface area contributed by atoms with Gasteiger partial charge in [0, 0.05) is 37.0 Å². The zero-order valence-corrected chi connectivity index (χ0v) is 17.2. The van der Waals surface area contributed by atoms with Crippen molar-refractivity contribution in [1.29, 1.82) is 0 Å². The van der Waals surface area contributed by atoms with E-state index >= 15 is 0 Å². The fourth-order valence-electron chi connectivity index (χ4n) is 4.14. The van der Waals surface area contributed by atoms with Crippen LogP contribution in [0.5, 0.6) is 0 Å². The molecule has 0 radical (unpaired) electrons. The second-order valence-electron chi connectivity index (χ2n) is 8.14. The number of ether oxygens (including phenoxy) is 2. The van der Waals surface area contributed by atoms with Gasteiger partial charge in [-0.05, 0) is 24.3 Å². The summed E-state index contributed by atoms with van der Waals surface area (Å²) in [5.41, 5.74) is 7.65. The van der Waals surface area contributed by atoms with Gasteiger partial charge in [-0.15, -0.1) is 0 Å². The van der Waals surface area contributed by atoms with Crippen molar-refractivity contribution < 1.29 is 19.1 Å². The molecule has 0 amide bonds. The van der Waals surface area contributed by atoms with Crippen LogP contribution in [0.25, 0.3) is 0 Å². The van der Waals surface area contributed by atoms with E-state index in [4.69, 9.17) is 20.2 Å². The molecule has 2 aliphatic rings. The summed E-state index contributed by atoms with van der Waals surface area (Å²) in [6, 6.07) is 0. The lowest BCUT2D eigenvalue weighted by molar-refractivity contribution is -0.139. The molecule has 0 aromatic carbocycles. The monoisotopic (exact) mass is 400 g/mol. The molecule has 2 atom stereocenters. The molecule has 1 saturated carbocycles. The van der Waals surface area contributed by atoms with E-state index in [9.17, 15) is 9.59 Å². The number of aliphatic imine (C=N–C) groups is 1. The maximum Gasteiger partial charge on any atom is 0.336 e. The molecule has 2 N–H and O–H groups in total.